The lowest BCUT2D eigenvalue weighted by atomic mass is 10.3. The summed E-state index contributed by atoms with van der Waals surface area (Å²) >= 11 is 2.26. The highest BCUT2D eigenvalue weighted by Crippen LogP contribution is 2.16. The van der Waals surface area contributed by atoms with Crippen molar-refractivity contribution in [2.45, 2.75) is 0 Å². The number of hydrogen-bond acceptors (Lipinski definition) is 1. The third kappa shape index (κ3) is 0.811. The van der Waals surface area contributed by atoms with Gasteiger partial charge in [-0.25, -0.2) is 0 Å². The van der Waals surface area contributed by atoms with Crippen LogP contribution in [0.25, 0.3) is 10.9 Å². The highest BCUT2D eigenvalue weighted by molar-refractivity contribution is 14.1. The van der Waals surface area contributed by atoms with Crippen molar-refractivity contribution < 1.29 is 0 Å². The molecule has 0 saturated carbocycles. The number of H-pyrrole nitrogens is 1. The van der Waals surface area contributed by atoms with Crippen molar-refractivity contribution in [1.29, 1.82) is 0 Å². The van der Waals surface area contributed by atoms with Gasteiger partial charge in [-0.3, -0.25) is 4.98 Å². The third-order valence-corrected chi connectivity index (χ3v) is 2.24. The van der Waals surface area contributed by atoms with Gasteiger partial charge in [-0.1, -0.05) is 0 Å². The quantitative estimate of drug-likeness (QED) is 0.707. The molecule has 50 valence electrons. The van der Waals surface area contributed by atoms with Crippen LogP contribution in [-0.4, -0.2) is 9.97 Å². The van der Waals surface area contributed by atoms with E-state index in [0.29, 0.717) is 0 Å². The van der Waals surface area contributed by atoms with Crippen molar-refractivity contribution in [1.82, 2.24) is 9.97 Å². The van der Waals surface area contributed by atoms with Crippen LogP contribution < -0.4 is 0 Å². The molecule has 0 aliphatic heterocycles. The summed E-state index contributed by atoms with van der Waals surface area (Å²) in [5, 5.41) is 1.17. The molecule has 0 fully saturated rings. The van der Waals surface area contributed by atoms with Gasteiger partial charge in [-0.05, 0) is 28.7 Å². The SMILES string of the molecule is Ic1cncc2cc[nH]c12. The molecule has 0 atom stereocenters. The molecule has 0 radical (unpaired) electrons. The van der Waals surface area contributed by atoms with E-state index >= 15 is 0 Å². The molecule has 2 aromatic heterocycles. The van der Waals surface area contributed by atoms with Crippen molar-refractivity contribution in [3.8, 4) is 0 Å². The zero-order valence-corrected chi connectivity index (χ0v) is 7.29. The van der Waals surface area contributed by atoms with Crippen molar-refractivity contribution in [3.63, 3.8) is 0 Å². The predicted octanol–water partition coefficient (Wildman–Crippen LogP) is 2.17. The van der Waals surface area contributed by atoms with Gasteiger partial charge in [0, 0.05) is 24.0 Å². The van der Waals surface area contributed by atoms with Crippen LogP contribution in [-0.2, 0) is 0 Å². The summed E-state index contributed by atoms with van der Waals surface area (Å²) in [6, 6.07) is 2.02. The van der Waals surface area contributed by atoms with E-state index in [9.17, 15) is 0 Å². The van der Waals surface area contributed by atoms with Gasteiger partial charge in [0.25, 0.3) is 0 Å². The number of aromatic nitrogens is 2. The fraction of sp³-hybridized carbons (Fsp3) is 0. The Bertz CT molecular complexity index is 353. The standard InChI is InChI=1S/C7H5IN2/c8-6-4-9-3-5-1-2-10-7(5)6/h1-4,10H. The molecule has 0 spiro atoms. The molecule has 0 bridgehead atoms. The summed E-state index contributed by atoms with van der Waals surface area (Å²) in [6.07, 6.45) is 5.63. The van der Waals surface area contributed by atoms with Crippen molar-refractivity contribution in [2.75, 3.05) is 0 Å². The Morgan fingerprint density at radius 1 is 1.40 bits per heavy atom. The van der Waals surface area contributed by atoms with Crippen LogP contribution in [0.4, 0.5) is 0 Å². The molecule has 0 aliphatic rings. The fourth-order valence-electron chi connectivity index (χ4n) is 0.943. The van der Waals surface area contributed by atoms with E-state index in [1.807, 2.05) is 24.7 Å². The van der Waals surface area contributed by atoms with Gasteiger partial charge in [0.2, 0.25) is 0 Å². The first-order chi connectivity index (χ1) is 4.88. The van der Waals surface area contributed by atoms with E-state index < -0.39 is 0 Å². The molecule has 0 aromatic carbocycles. The van der Waals surface area contributed by atoms with Gasteiger partial charge in [0.05, 0.1) is 9.09 Å². The normalized spacial score (nSPS) is 10.5. The lowest BCUT2D eigenvalue weighted by Crippen LogP contribution is -1.76. The maximum absolute atomic E-state index is 4.06. The zero-order chi connectivity index (χ0) is 6.97. The zero-order valence-electron chi connectivity index (χ0n) is 5.13. The van der Waals surface area contributed by atoms with Crippen LogP contribution in [0.5, 0.6) is 0 Å². The molecule has 0 aliphatic carbocycles. The lowest BCUT2D eigenvalue weighted by molar-refractivity contribution is 1.33. The van der Waals surface area contributed by atoms with E-state index in [0.717, 1.165) is 0 Å². The van der Waals surface area contributed by atoms with Gasteiger partial charge < -0.3 is 4.98 Å². The lowest BCUT2D eigenvalue weighted by Gasteiger charge is -1.89. The molecular formula is C7H5IN2. The highest BCUT2D eigenvalue weighted by Gasteiger charge is 1.96. The van der Waals surface area contributed by atoms with Crippen molar-refractivity contribution in [3.05, 3.63) is 28.2 Å². The van der Waals surface area contributed by atoms with Crippen LogP contribution in [0.15, 0.2) is 24.7 Å². The third-order valence-electron chi connectivity index (χ3n) is 1.42. The van der Waals surface area contributed by atoms with Gasteiger partial charge in [0.15, 0.2) is 0 Å². The van der Waals surface area contributed by atoms with Crippen LogP contribution >= 0.6 is 22.6 Å². The van der Waals surface area contributed by atoms with E-state index in [1.54, 1.807) is 0 Å². The fourth-order valence-corrected chi connectivity index (χ4v) is 1.57. The minimum Gasteiger partial charge on any atom is -0.360 e. The minimum absolute atomic E-state index is 1.17. The Labute approximate surface area is 71.8 Å². The Hall–Kier alpha value is -0.580. The number of aromatic amines is 1. The van der Waals surface area contributed by atoms with Gasteiger partial charge in [-0.15, -0.1) is 0 Å². The number of halogens is 1. The minimum atomic E-state index is 1.17. The summed E-state index contributed by atoms with van der Waals surface area (Å²) in [7, 11) is 0. The van der Waals surface area contributed by atoms with Crippen LogP contribution in [0.2, 0.25) is 0 Å². The Morgan fingerprint density at radius 2 is 2.30 bits per heavy atom. The van der Waals surface area contributed by atoms with E-state index in [2.05, 4.69) is 32.6 Å². The second-order valence-electron chi connectivity index (χ2n) is 2.06. The second kappa shape index (κ2) is 2.23. The van der Waals surface area contributed by atoms with E-state index in [1.165, 1.54) is 14.5 Å². The molecule has 0 saturated heterocycles. The molecule has 0 amide bonds. The molecule has 2 aromatic rings. The Balaban J connectivity index is 2.95. The van der Waals surface area contributed by atoms with Gasteiger partial charge >= 0.3 is 0 Å². The summed E-state index contributed by atoms with van der Waals surface area (Å²) < 4.78 is 1.17. The monoisotopic (exact) mass is 244 g/mol. The summed E-state index contributed by atoms with van der Waals surface area (Å²) in [5.74, 6) is 0. The first-order valence-electron chi connectivity index (χ1n) is 2.94. The van der Waals surface area contributed by atoms with Gasteiger partial charge in [0.1, 0.15) is 0 Å². The molecule has 2 nitrogen and oxygen atoms in total. The average molecular weight is 244 g/mol. The van der Waals surface area contributed by atoms with E-state index in [4.69, 9.17) is 0 Å². The second-order valence-corrected chi connectivity index (χ2v) is 3.23. The predicted molar refractivity (Wildman–Crippen MR) is 48.8 cm³/mol. The largest absolute Gasteiger partial charge is 0.360 e. The molecule has 2 rings (SSSR count). The van der Waals surface area contributed by atoms with E-state index in [-0.39, 0.29) is 0 Å². The van der Waals surface area contributed by atoms with Crippen molar-refractivity contribution in [2.24, 2.45) is 0 Å². The molecule has 3 heteroatoms. The molecule has 0 unspecified atom stereocenters. The summed E-state index contributed by atoms with van der Waals surface area (Å²) in [6.45, 7) is 0. The molecule has 1 N–H and O–H groups in total. The number of nitrogens with one attached hydrogen (secondary N) is 1. The number of nitrogens with zero attached hydrogens (tertiary/aromatic N) is 1. The average Bonchev–Trinajstić information content (AvgIpc) is 2.36. The molecule has 10 heavy (non-hydrogen) atoms. The number of hydrogen-bond donors (Lipinski definition) is 1. The van der Waals surface area contributed by atoms with Crippen LogP contribution in [0.3, 0.4) is 0 Å². The number of rotatable bonds is 0. The van der Waals surface area contributed by atoms with Crippen molar-refractivity contribution >= 4 is 33.5 Å². The van der Waals surface area contributed by atoms with Gasteiger partial charge in [-0.2, -0.15) is 0 Å². The topological polar surface area (TPSA) is 28.7 Å². The first kappa shape index (κ1) is 6.15. The summed E-state index contributed by atoms with van der Waals surface area (Å²) in [4.78, 5) is 7.20. The Morgan fingerprint density at radius 3 is 3.10 bits per heavy atom. The number of fused-ring (bicyclic) bond motifs is 1. The summed E-state index contributed by atoms with van der Waals surface area (Å²) in [5.41, 5.74) is 1.18. The maximum atomic E-state index is 4.06. The first-order valence-corrected chi connectivity index (χ1v) is 4.02. The highest BCUT2D eigenvalue weighted by atomic mass is 127. The van der Waals surface area contributed by atoms with Crippen LogP contribution in [0, 0.1) is 3.57 Å². The Kier molecular flexibility index (Phi) is 1.37. The molecular weight excluding hydrogens is 239 g/mol. The molecule has 2 heterocycles. The smallest absolute Gasteiger partial charge is 0.0620 e. The number of pyridine rings is 1. The maximum Gasteiger partial charge on any atom is 0.0620 e. The van der Waals surface area contributed by atoms with Crippen LogP contribution in [0.1, 0.15) is 0 Å².